The van der Waals surface area contributed by atoms with Crippen LogP contribution in [0.4, 0.5) is 5.13 Å². The second kappa shape index (κ2) is 8.68. The van der Waals surface area contributed by atoms with Gasteiger partial charge in [-0.15, -0.1) is 11.3 Å². The number of carbonyl (C=O) groups excluding carboxylic acids is 1. The molecule has 0 aliphatic carbocycles. The highest BCUT2D eigenvalue weighted by Gasteiger charge is 2.17. The minimum absolute atomic E-state index is 0.130. The van der Waals surface area contributed by atoms with Crippen LogP contribution in [-0.2, 0) is 0 Å². The zero-order valence-corrected chi connectivity index (χ0v) is 18.1. The van der Waals surface area contributed by atoms with Gasteiger partial charge in [0.15, 0.2) is 5.13 Å². The maximum Gasteiger partial charge on any atom is 0.267 e. The van der Waals surface area contributed by atoms with Crippen LogP contribution < -0.4 is 5.32 Å². The number of hydrogen-bond donors (Lipinski definition) is 1. The average Bonchev–Trinajstić information content (AvgIpc) is 3.51. The molecule has 0 saturated carbocycles. The minimum atomic E-state index is -0.130. The summed E-state index contributed by atoms with van der Waals surface area (Å²) in [6.45, 7) is 0. The third kappa shape index (κ3) is 4.19. The first kappa shape index (κ1) is 19.4. The molecular formula is C26H18N2OS2. The largest absolute Gasteiger partial charge is 0.297 e. The summed E-state index contributed by atoms with van der Waals surface area (Å²) in [4.78, 5) is 19.0. The van der Waals surface area contributed by atoms with Gasteiger partial charge in [0.05, 0.1) is 15.4 Å². The van der Waals surface area contributed by atoms with Crippen molar-refractivity contribution in [3.8, 4) is 32.8 Å². The van der Waals surface area contributed by atoms with Crippen LogP contribution in [0, 0.1) is 0 Å². The topological polar surface area (TPSA) is 42.0 Å². The van der Waals surface area contributed by atoms with Crippen molar-refractivity contribution in [3.05, 3.63) is 107 Å². The maximum atomic E-state index is 12.5. The molecule has 2 aromatic heterocycles. The van der Waals surface area contributed by atoms with Crippen molar-refractivity contribution in [2.45, 2.75) is 0 Å². The van der Waals surface area contributed by atoms with E-state index in [0.717, 1.165) is 21.7 Å². The molecule has 150 valence electrons. The number of carbonyl (C=O) groups is 1. The summed E-state index contributed by atoms with van der Waals surface area (Å²) in [6, 6.07) is 32.6. The Morgan fingerprint density at radius 3 is 1.94 bits per heavy atom. The van der Waals surface area contributed by atoms with Gasteiger partial charge in [-0.3, -0.25) is 10.1 Å². The average molecular weight is 439 g/mol. The molecule has 31 heavy (non-hydrogen) atoms. The SMILES string of the molecule is O=C(Nc1nc(-c2ccccc2)c(-c2ccc(-c3ccccc3)cc2)s1)c1cccs1. The van der Waals surface area contributed by atoms with Crippen LogP contribution in [0.25, 0.3) is 32.8 Å². The Morgan fingerprint density at radius 2 is 1.29 bits per heavy atom. The monoisotopic (exact) mass is 438 g/mol. The molecule has 1 amide bonds. The van der Waals surface area contributed by atoms with Crippen molar-refractivity contribution in [2.24, 2.45) is 0 Å². The van der Waals surface area contributed by atoms with Gasteiger partial charge in [-0.1, -0.05) is 102 Å². The molecule has 5 heteroatoms. The van der Waals surface area contributed by atoms with Crippen LogP contribution in [-0.4, -0.2) is 10.9 Å². The van der Waals surface area contributed by atoms with E-state index in [2.05, 4.69) is 41.7 Å². The first-order chi connectivity index (χ1) is 15.3. The van der Waals surface area contributed by atoms with Crippen LogP contribution in [0.15, 0.2) is 102 Å². The van der Waals surface area contributed by atoms with Crippen molar-refractivity contribution >= 4 is 33.7 Å². The molecule has 0 radical (unpaired) electrons. The Balaban J connectivity index is 1.52. The number of anilines is 1. The highest BCUT2D eigenvalue weighted by Crippen LogP contribution is 2.39. The molecule has 0 aliphatic heterocycles. The fourth-order valence-electron chi connectivity index (χ4n) is 3.37. The van der Waals surface area contributed by atoms with Crippen LogP contribution in [0.1, 0.15) is 9.67 Å². The van der Waals surface area contributed by atoms with E-state index in [1.54, 1.807) is 0 Å². The second-order valence-electron chi connectivity index (χ2n) is 6.94. The summed E-state index contributed by atoms with van der Waals surface area (Å²) in [5, 5.41) is 5.45. The molecule has 0 aliphatic rings. The molecule has 1 N–H and O–H groups in total. The Labute approximate surface area is 188 Å². The van der Waals surface area contributed by atoms with E-state index in [0.29, 0.717) is 10.0 Å². The van der Waals surface area contributed by atoms with Gasteiger partial charge in [0.2, 0.25) is 0 Å². The van der Waals surface area contributed by atoms with E-state index in [4.69, 9.17) is 4.98 Å². The molecule has 0 fully saturated rings. The van der Waals surface area contributed by atoms with Crippen molar-refractivity contribution in [2.75, 3.05) is 5.32 Å². The fourth-order valence-corrected chi connectivity index (χ4v) is 4.98. The summed E-state index contributed by atoms with van der Waals surface area (Å²) in [5.74, 6) is -0.130. The molecule has 0 bridgehead atoms. The summed E-state index contributed by atoms with van der Waals surface area (Å²) in [7, 11) is 0. The van der Waals surface area contributed by atoms with E-state index in [1.165, 1.54) is 33.8 Å². The zero-order valence-electron chi connectivity index (χ0n) is 16.5. The predicted molar refractivity (Wildman–Crippen MR) is 131 cm³/mol. The lowest BCUT2D eigenvalue weighted by Crippen LogP contribution is -2.09. The summed E-state index contributed by atoms with van der Waals surface area (Å²) < 4.78 is 0. The number of aromatic nitrogens is 1. The van der Waals surface area contributed by atoms with E-state index >= 15 is 0 Å². The van der Waals surface area contributed by atoms with Crippen molar-refractivity contribution < 1.29 is 4.79 Å². The van der Waals surface area contributed by atoms with Gasteiger partial charge >= 0.3 is 0 Å². The van der Waals surface area contributed by atoms with Gasteiger partial charge in [-0.25, -0.2) is 4.98 Å². The number of thiophene rings is 1. The standard InChI is InChI=1S/C26H18N2OS2/c29-25(22-12-7-17-30-22)28-26-27-23(20-10-5-2-6-11-20)24(31-26)21-15-13-19(14-16-21)18-8-3-1-4-9-18/h1-17H,(H,27,28,29). The third-order valence-corrected chi connectivity index (χ3v) is 6.78. The van der Waals surface area contributed by atoms with Gasteiger partial charge < -0.3 is 0 Å². The molecule has 5 aromatic rings. The highest BCUT2D eigenvalue weighted by atomic mass is 32.1. The molecule has 5 rings (SSSR count). The van der Waals surface area contributed by atoms with Gasteiger partial charge in [0.1, 0.15) is 0 Å². The van der Waals surface area contributed by atoms with E-state index in [-0.39, 0.29) is 5.91 Å². The molecule has 3 aromatic carbocycles. The number of thiazole rings is 1. The maximum absolute atomic E-state index is 12.5. The lowest BCUT2D eigenvalue weighted by atomic mass is 10.0. The number of nitrogens with one attached hydrogen (secondary N) is 1. The molecule has 0 saturated heterocycles. The third-order valence-electron chi connectivity index (χ3n) is 4.89. The van der Waals surface area contributed by atoms with Crippen LogP contribution in [0.5, 0.6) is 0 Å². The summed E-state index contributed by atoms with van der Waals surface area (Å²) in [5.41, 5.74) is 5.33. The van der Waals surface area contributed by atoms with Crippen molar-refractivity contribution in [1.29, 1.82) is 0 Å². The zero-order chi connectivity index (χ0) is 21.0. The Kier molecular flexibility index (Phi) is 5.44. The highest BCUT2D eigenvalue weighted by molar-refractivity contribution is 7.19. The molecule has 0 unspecified atom stereocenters. The van der Waals surface area contributed by atoms with E-state index < -0.39 is 0 Å². The van der Waals surface area contributed by atoms with E-state index in [1.807, 2.05) is 66.0 Å². The number of hydrogen-bond acceptors (Lipinski definition) is 4. The van der Waals surface area contributed by atoms with E-state index in [9.17, 15) is 4.79 Å². The van der Waals surface area contributed by atoms with Crippen LogP contribution in [0.2, 0.25) is 0 Å². The van der Waals surface area contributed by atoms with Crippen LogP contribution >= 0.6 is 22.7 Å². The van der Waals surface area contributed by atoms with Gasteiger partial charge in [-0.05, 0) is 28.1 Å². The molecular weight excluding hydrogens is 420 g/mol. The molecule has 0 atom stereocenters. The summed E-state index contributed by atoms with van der Waals surface area (Å²) >= 11 is 2.91. The van der Waals surface area contributed by atoms with Gasteiger partial charge in [-0.2, -0.15) is 0 Å². The second-order valence-corrected chi connectivity index (χ2v) is 8.88. The van der Waals surface area contributed by atoms with Crippen LogP contribution in [0.3, 0.4) is 0 Å². The lowest BCUT2D eigenvalue weighted by molar-refractivity contribution is 0.103. The Morgan fingerprint density at radius 1 is 0.677 bits per heavy atom. The molecule has 3 nitrogen and oxygen atoms in total. The predicted octanol–water partition coefficient (Wildman–Crippen LogP) is 7.46. The first-order valence-corrected chi connectivity index (χ1v) is 11.5. The number of amides is 1. The Bertz CT molecular complexity index is 1290. The molecule has 0 spiro atoms. The fraction of sp³-hybridized carbons (Fsp3) is 0. The summed E-state index contributed by atoms with van der Waals surface area (Å²) in [6.07, 6.45) is 0. The van der Waals surface area contributed by atoms with Gasteiger partial charge in [0.25, 0.3) is 5.91 Å². The minimum Gasteiger partial charge on any atom is -0.297 e. The van der Waals surface area contributed by atoms with Crippen molar-refractivity contribution in [3.63, 3.8) is 0 Å². The van der Waals surface area contributed by atoms with Crippen molar-refractivity contribution in [1.82, 2.24) is 4.98 Å². The number of nitrogens with zero attached hydrogens (tertiary/aromatic N) is 1. The van der Waals surface area contributed by atoms with Gasteiger partial charge in [0, 0.05) is 5.56 Å². The first-order valence-electron chi connectivity index (χ1n) is 9.85. The quantitative estimate of drug-likeness (QED) is 0.309. The Hall–Kier alpha value is -3.54. The number of rotatable bonds is 5. The number of benzene rings is 3. The normalized spacial score (nSPS) is 10.7. The molecule has 2 heterocycles. The lowest BCUT2D eigenvalue weighted by Gasteiger charge is -2.05. The smallest absolute Gasteiger partial charge is 0.267 e.